The Morgan fingerprint density at radius 1 is 1.11 bits per heavy atom. The van der Waals surface area contributed by atoms with Gasteiger partial charge in [0.25, 0.3) is 0 Å². The number of ether oxygens (including phenoxy) is 1. The van der Waals surface area contributed by atoms with E-state index in [0.29, 0.717) is 12.6 Å². The first kappa shape index (κ1) is 15.2. The zero-order valence-electron chi connectivity index (χ0n) is 11.6. The molecule has 1 rings (SSSR count). The second-order valence-corrected chi connectivity index (χ2v) is 4.79. The van der Waals surface area contributed by atoms with Crippen molar-refractivity contribution in [2.45, 2.75) is 26.4 Å². The standard InChI is InChI=1S/C15H26N2O/c1-14(2)18-13-12-17(11-9-16)10-8-15-6-4-3-5-7-15/h3-7,14H,8-13,16H2,1-2H3. The fourth-order valence-corrected chi connectivity index (χ4v) is 1.87. The van der Waals surface area contributed by atoms with Gasteiger partial charge < -0.3 is 10.5 Å². The highest BCUT2D eigenvalue weighted by Crippen LogP contribution is 2.01. The molecule has 0 saturated heterocycles. The lowest BCUT2D eigenvalue weighted by Gasteiger charge is -2.22. The van der Waals surface area contributed by atoms with Crippen molar-refractivity contribution >= 4 is 0 Å². The molecule has 0 unspecified atom stereocenters. The van der Waals surface area contributed by atoms with Crippen LogP contribution in [0.3, 0.4) is 0 Å². The third kappa shape index (κ3) is 6.74. The molecule has 0 aliphatic heterocycles. The van der Waals surface area contributed by atoms with Crippen LogP contribution in [-0.2, 0) is 11.2 Å². The molecule has 0 aromatic heterocycles. The van der Waals surface area contributed by atoms with Gasteiger partial charge in [0, 0.05) is 26.2 Å². The average molecular weight is 250 g/mol. The molecular formula is C15H26N2O. The first-order valence-corrected chi connectivity index (χ1v) is 6.80. The molecular weight excluding hydrogens is 224 g/mol. The van der Waals surface area contributed by atoms with Crippen LogP contribution in [0.4, 0.5) is 0 Å². The number of nitrogens with zero attached hydrogens (tertiary/aromatic N) is 1. The van der Waals surface area contributed by atoms with E-state index in [0.717, 1.165) is 32.7 Å². The van der Waals surface area contributed by atoms with Gasteiger partial charge in [0.2, 0.25) is 0 Å². The first-order valence-electron chi connectivity index (χ1n) is 6.80. The molecule has 18 heavy (non-hydrogen) atoms. The fourth-order valence-electron chi connectivity index (χ4n) is 1.87. The Balaban J connectivity index is 2.28. The average Bonchev–Trinajstić information content (AvgIpc) is 2.37. The van der Waals surface area contributed by atoms with E-state index in [2.05, 4.69) is 49.1 Å². The molecule has 0 aliphatic carbocycles. The van der Waals surface area contributed by atoms with Gasteiger partial charge in [-0.3, -0.25) is 4.90 Å². The second-order valence-electron chi connectivity index (χ2n) is 4.79. The largest absolute Gasteiger partial charge is 0.377 e. The smallest absolute Gasteiger partial charge is 0.0596 e. The summed E-state index contributed by atoms with van der Waals surface area (Å²) in [5.74, 6) is 0. The zero-order chi connectivity index (χ0) is 13.2. The summed E-state index contributed by atoms with van der Waals surface area (Å²) in [6, 6.07) is 10.6. The minimum atomic E-state index is 0.304. The van der Waals surface area contributed by atoms with Gasteiger partial charge in [-0.15, -0.1) is 0 Å². The van der Waals surface area contributed by atoms with E-state index in [9.17, 15) is 0 Å². The summed E-state index contributed by atoms with van der Waals surface area (Å²) < 4.78 is 5.59. The van der Waals surface area contributed by atoms with E-state index in [4.69, 9.17) is 10.5 Å². The molecule has 1 aromatic carbocycles. The summed E-state index contributed by atoms with van der Waals surface area (Å²) in [5, 5.41) is 0. The lowest BCUT2D eigenvalue weighted by atomic mass is 10.1. The van der Waals surface area contributed by atoms with E-state index in [1.54, 1.807) is 0 Å². The van der Waals surface area contributed by atoms with E-state index < -0.39 is 0 Å². The summed E-state index contributed by atoms with van der Waals surface area (Å²) in [5.41, 5.74) is 7.03. The van der Waals surface area contributed by atoms with Crippen LogP contribution in [0.1, 0.15) is 19.4 Å². The summed E-state index contributed by atoms with van der Waals surface area (Å²) in [6.07, 6.45) is 1.38. The Labute approximate surface area is 111 Å². The molecule has 102 valence electrons. The van der Waals surface area contributed by atoms with Crippen LogP contribution < -0.4 is 5.73 Å². The topological polar surface area (TPSA) is 38.5 Å². The highest BCUT2D eigenvalue weighted by Gasteiger charge is 2.04. The van der Waals surface area contributed by atoms with Gasteiger partial charge in [-0.25, -0.2) is 0 Å². The normalized spacial score (nSPS) is 11.4. The second kappa shape index (κ2) is 9.09. The van der Waals surface area contributed by atoms with Gasteiger partial charge in [-0.1, -0.05) is 30.3 Å². The third-order valence-electron chi connectivity index (χ3n) is 2.86. The third-order valence-corrected chi connectivity index (χ3v) is 2.86. The molecule has 0 spiro atoms. The maximum Gasteiger partial charge on any atom is 0.0596 e. The minimum absolute atomic E-state index is 0.304. The summed E-state index contributed by atoms with van der Waals surface area (Å²) in [6.45, 7) is 8.57. The fraction of sp³-hybridized carbons (Fsp3) is 0.600. The highest BCUT2D eigenvalue weighted by molar-refractivity contribution is 5.14. The van der Waals surface area contributed by atoms with Gasteiger partial charge >= 0.3 is 0 Å². The van der Waals surface area contributed by atoms with E-state index in [1.807, 2.05) is 0 Å². The maximum absolute atomic E-state index is 5.65. The van der Waals surface area contributed by atoms with Crippen LogP contribution >= 0.6 is 0 Å². The number of nitrogens with two attached hydrogens (primary N) is 1. The molecule has 0 heterocycles. The molecule has 3 heteroatoms. The summed E-state index contributed by atoms with van der Waals surface area (Å²) in [7, 11) is 0. The summed E-state index contributed by atoms with van der Waals surface area (Å²) >= 11 is 0. The predicted molar refractivity (Wildman–Crippen MR) is 76.7 cm³/mol. The Morgan fingerprint density at radius 3 is 2.44 bits per heavy atom. The molecule has 0 aliphatic rings. The van der Waals surface area contributed by atoms with Gasteiger partial charge in [0.05, 0.1) is 12.7 Å². The van der Waals surface area contributed by atoms with Crippen LogP contribution in [0.25, 0.3) is 0 Å². The number of benzene rings is 1. The van der Waals surface area contributed by atoms with Crippen LogP contribution in [-0.4, -0.2) is 43.8 Å². The maximum atomic E-state index is 5.65. The highest BCUT2D eigenvalue weighted by atomic mass is 16.5. The molecule has 1 aromatic rings. The van der Waals surface area contributed by atoms with Crippen LogP contribution in [0.5, 0.6) is 0 Å². The van der Waals surface area contributed by atoms with Crippen molar-refractivity contribution in [1.82, 2.24) is 4.90 Å². The zero-order valence-corrected chi connectivity index (χ0v) is 11.6. The Kier molecular flexibility index (Phi) is 7.65. The number of rotatable bonds is 9. The molecule has 3 nitrogen and oxygen atoms in total. The molecule has 0 radical (unpaired) electrons. The number of hydrogen-bond acceptors (Lipinski definition) is 3. The molecule has 0 atom stereocenters. The first-order chi connectivity index (χ1) is 8.72. The van der Waals surface area contributed by atoms with Gasteiger partial charge in [0.1, 0.15) is 0 Å². The van der Waals surface area contributed by atoms with Crippen LogP contribution in [0.2, 0.25) is 0 Å². The quantitative estimate of drug-likeness (QED) is 0.727. The molecule has 0 saturated carbocycles. The summed E-state index contributed by atoms with van der Waals surface area (Å²) in [4.78, 5) is 2.37. The van der Waals surface area contributed by atoms with Gasteiger partial charge in [-0.05, 0) is 25.8 Å². The van der Waals surface area contributed by atoms with E-state index >= 15 is 0 Å². The van der Waals surface area contributed by atoms with Crippen molar-refractivity contribution in [2.75, 3.05) is 32.8 Å². The van der Waals surface area contributed by atoms with Crippen molar-refractivity contribution in [2.24, 2.45) is 5.73 Å². The number of hydrogen-bond donors (Lipinski definition) is 1. The Morgan fingerprint density at radius 2 is 1.83 bits per heavy atom. The lowest BCUT2D eigenvalue weighted by Crippen LogP contribution is -2.34. The van der Waals surface area contributed by atoms with Gasteiger partial charge in [0.15, 0.2) is 0 Å². The van der Waals surface area contributed by atoms with Crippen molar-refractivity contribution in [3.05, 3.63) is 35.9 Å². The van der Waals surface area contributed by atoms with Crippen molar-refractivity contribution in [3.8, 4) is 0 Å². The van der Waals surface area contributed by atoms with Gasteiger partial charge in [-0.2, -0.15) is 0 Å². The predicted octanol–water partition coefficient (Wildman–Crippen LogP) is 1.91. The SMILES string of the molecule is CC(C)OCCN(CCN)CCc1ccccc1. The molecule has 0 fully saturated rings. The monoisotopic (exact) mass is 250 g/mol. The Bertz CT molecular complexity index is 301. The van der Waals surface area contributed by atoms with Crippen molar-refractivity contribution in [3.63, 3.8) is 0 Å². The molecule has 2 N–H and O–H groups in total. The molecule has 0 bridgehead atoms. The lowest BCUT2D eigenvalue weighted by molar-refractivity contribution is 0.0598. The van der Waals surface area contributed by atoms with Crippen LogP contribution in [0.15, 0.2) is 30.3 Å². The van der Waals surface area contributed by atoms with Crippen molar-refractivity contribution < 1.29 is 4.74 Å². The van der Waals surface area contributed by atoms with Crippen molar-refractivity contribution in [1.29, 1.82) is 0 Å². The van der Waals surface area contributed by atoms with Crippen LogP contribution in [0, 0.1) is 0 Å². The minimum Gasteiger partial charge on any atom is -0.377 e. The Hall–Kier alpha value is -0.900. The molecule has 0 amide bonds. The van der Waals surface area contributed by atoms with E-state index in [-0.39, 0.29) is 0 Å². The van der Waals surface area contributed by atoms with E-state index in [1.165, 1.54) is 5.56 Å².